The highest BCUT2D eigenvalue weighted by atomic mass is 32.2. The Bertz CT molecular complexity index is 503. The monoisotopic (exact) mass is 258 g/mol. The van der Waals surface area contributed by atoms with E-state index in [-0.39, 0.29) is 31.1 Å². The number of β-amino-alcohol motifs (C(OH)–C–C–N with tert-alkyl or cyclic N) is 1. The predicted molar refractivity (Wildman–Crippen MR) is 63.0 cm³/mol. The highest BCUT2D eigenvalue weighted by Gasteiger charge is 2.37. The van der Waals surface area contributed by atoms with E-state index < -0.39 is 10.2 Å². The average Bonchev–Trinajstić information content (AvgIpc) is 2.57. The van der Waals surface area contributed by atoms with Crippen molar-refractivity contribution in [1.29, 1.82) is 0 Å². The Morgan fingerprint density at radius 2 is 1.94 bits per heavy atom. The lowest BCUT2D eigenvalue weighted by atomic mass is 10.3. The molecule has 1 heterocycles. The molecule has 0 saturated carbocycles. The van der Waals surface area contributed by atoms with E-state index in [1.807, 2.05) is 0 Å². The van der Waals surface area contributed by atoms with Crippen LogP contribution in [0.15, 0.2) is 24.3 Å². The molecule has 1 aliphatic heterocycles. The zero-order valence-electron chi connectivity index (χ0n) is 9.15. The highest BCUT2D eigenvalue weighted by molar-refractivity contribution is 7.90. The van der Waals surface area contributed by atoms with Gasteiger partial charge < -0.3 is 10.2 Å². The van der Waals surface area contributed by atoms with Crippen molar-refractivity contribution in [3.63, 3.8) is 0 Å². The van der Waals surface area contributed by atoms with Gasteiger partial charge in [0.1, 0.15) is 5.75 Å². The molecule has 94 valence electrons. The van der Waals surface area contributed by atoms with Crippen LogP contribution in [0, 0.1) is 0 Å². The molecule has 2 rings (SSSR count). The molecule has 0 amide bonds. The topological polar surface area (TPSA) is 81.1 Å². The van der Waals surface area contributed by atoms with Gasteiger partial charge in [0.05, 0.1) is 12.3 Å². The molecule has 0 radical (unpaired) electrons. The zero-order chi connectivity index (χ0) is 12.5. The van der Waals surface area contributed by atoms with Gasteiger partial charge in [0, 0.05) is 19.6 Å². The van der Waals surface area contributed by atoms with Crippen molar-refractivity contribution in [2.24, 2.45) is 0 Å². The van der Waals surface area contributed by atoms with Gasteiger partial charge in [-0.05, 0) is 12.1 Å². The van der Waals surface area contributed by atoms with E-state index in [1.165, 1.54) is 10.4 Å². The van der Waals surface area contributed by atoms with Gasteiger partial charge in [-0.15, -0.1) is 0 Å². The number of aliphatic hydroxyl groups excluding tert-OH is 1. The molecule has 0 spiro atoms. The Hall–Kier alpha value is -1.31. The van der Waals surface area contributed by atoms with Crippen molar-refractivity contribution in [2.75, 3.05) is 30.5 Å². The van der Waals surface area contributed by atoms with E-state index in [0.29, 0.717) is 6.54 Å². The Morgan fingerprint density at radius 3 is 2.59 bits per heavy atom. The summed E-state index contributed by atoms with van der Waals surface area (Å²) in [7, 11) is -3.62. The summed E-state index contributed by atoms with van der Waals surface area (Å²) < 4.78 is 26.5. The third kappa shape index (κ3) is 2.08. The summed E-state index contributed by atoms with van der Waals surface area (Å²) in [6.07, 6.45) is 0. The van der Waals surface area contributed by atoms with Crippen LogP contribution in [-0.4, -0.2) is 49.2 Å². The van der Waals surface area contributed by atoms with E-state index in [2.05, 4.69) is 0 Å². The first-order valence-electron chi connectivity index (χ1n) is 5.24. The summed E-state index contributed by atoms with van der Waals surface area (Å²) in [5.41, 5.74) is 0.271. The second-order valence-corrected chi connectivity index (χ2v) is 5.54. The standard InChI is InChI=1S/C10H14N2O4S/c13-8-7-11-5-6-12(17(11,15)16)9-3-1-2-4-10(9)14/h1-4,13-14H,5-8H2. The molecule has 7 heteroatoms. The van der Waals surface area contributed by atoms with Gasteiger partial charge in [-0.25, -0.2) is 0 Å². The van der Waals surface area contributed by atoms with Crippen LogP contribution in [0.4, 0.5) is 5.69 Å². The van der Waals surface area contributed by atoms with Crippen LogP contribution in [0.25, 0.3) is 0 Å². The van der Waals surface area contributed by atoms with Crippen molar-refractivity contribution >= 4 is 15.9 Å². The lowest BCUT2D eigenvalue weighted by Crippen LogP contribution is -2.34. The average molecular weight is 258 g/mol. The fourth-order valence-electron chi connectivity index (χ4n) is 1.83. The second-order valence-electron chi connectivity index (χ2n) is 3.69. The minimum Gasteiger partial charge on any atom is -0.506 e. The molecule has 1 aromatic carbocycles. The molecule has 0 aliphatic carbocycles. The first kappa shape index (κ1) is 12.2. The fraction of sp³-hybridized carbons (Fsp3) is 0.400. The Labute approximate surface area is 99.9 Å². The molecule has 2 N–H and O–H groups in total. The number of benzene rings is 1. The van der Waals surface area contributed by atoms with Crippen LogP contribution in [0.5, 0.6) is 5.75 Å². The van der Waals surface area contributed by atoms with E-state index in [1.54, 1.807) is 18.2 Å². The Morgan fingerprint density at radius 1 is 1.24 bits per heavy atom. The minimum absolute atomic E-state index is 0.0677. The largest absolute Gasteiger partial charge is 0.506 e. The lowest BCUT2D eigenvalue weighted by Gasteiger charge is -2.20. The quantitative estimate of drug-likeness (QED) is 0.783. The molecule has 0 aromatic heterocycles. The fourth-order valence-corrected chi connectivity index (χ4v) is 3.45. The second kappa shape index (κ2) is 4.52. The smallest absolute Gasteiger partial charge is 0.304 e. The molecule has 1 aliphatic rings. The van der Waals surface area contributed by atoms with Crippen LogP contribution < -0.4 is 4.31 Å². The van der Waals surface area contributed by atoms with Gasteiger partial charge in [-0.2, -0.15) is 12.7 Å². The maximum atomic E-state index is 12.1. The molecule has 0 atom stereocenters. The van der Waals surface area contributed by atoms with Crippen molar-refractivity contribution in [1.82, 2.24) is 4.31 Å². The number of rotatable bonds is 3. The predicted octanol–water partition coefficient (Wildman–Crippen LogP) is -0.249. The van der Waals surface area contributed by atoms with Crippen LogP contribution in [0.2, 0.25) is 0 Å². The highest BCUT2D eigenvalue weighted by Crippen LogP contribution is 2.32. The number of anilines is 1. The summed E-state index contributed by atoms with van der Waals surface area (Å²) in [6.45, 7) is 0.456. The molecule has 0 bridgehead atoms. The summed E-state index contributed by atoms with van der Waals surface area (Å²) in [5.74, 6) is -0.0677. The molecular weight excluding hydrogens is 244 g/mol. The van der Waals surface area contributed by atoms with Crippen molar-refractivity contribution in [2.45, 2.75) is 0 Å². The maximum Gasteiger partial charge on any atom is 0.304 e. The first-order chi connectivity index (χ1) is 8.07. The summed E-state index contributed by atoms with van der Waals surface area (Å²) in [6, 6.07) is 6.29. The van der Waals surface area contributed by atoms with Gasteiger partial charge >= 0.3 is 10.2 Å². The lowest BCUT2D eigenvalue weighted by molar-refractivity contribution is 0.260. The summed E-state index contributed by atoms with van der Waals surface area (Å²) in [5, 5.41) is 18.4. The SMILES string of the molecule is O=S1(=O)N(CCO)CCN1c1ccccc1O. The third-order valence-corrected chi connectivity index (χ3v) is 4.61. The molecule has 1 saturated heterocycles. The van der Waals surface area contributed by atoms with Crippen molar-refractivity contribution in [3.05, 3.63) is 24.3 Å². The van der Waals surface area contributed by atoms with Gasteiger partial charge in [-0.3, -0.25) is 4.31 Å². The molecule has 1 aromatic rings. The van der Waals surface area contributed by atoms with Gasteiger partial charge in [0.15, 0.2) is 0 Å². The molecule has 1 fully saturated rings. The third-order valence-electron chi connectivity index (χ3n) is 2.66. The number of aliphatic hydroxyl groups is 1. The van der Waals surface area contributed by atoms with Crippen LogP contribution in [0.1, 0.15) is 0 Å². The van der Waals surface area contributed by atoms with E-state index in [9.17, 15) is 13.5 Å². The number of phenols is 1. The first-order valence-corrected chi connectivity index (χ1v) is 6.63. The van der Waals surface area contributed by atoms with E-state index >= 15 is 0 Å². The van der Waals surface area contributed by atoms with Crippen molar-refractivity contribution < 1.29 is 18.6 Å². The van der Waals surface area contributed by atoms with Crippen molar-refractivity contribution in [3.8, 4) is 5.75 Å². The minimum atomic E-state index is -3.62. The van der Waals surface area contributed by atoms with Crippen LogP contribution >= 0.6 is 0 Å². The normalized spacial score (nSPS) is 19.7. The van der Waals surface area contributed by atoms with Gasteiger partial charge in [0.2, 0.25) is 0 Å². The van der Waals surface area contributed by atoms with Crippen LogP contribution in [-0.2, 0) is 10.2 Å². The molecule has 6 nitrogen and oxygen atoms in total. The number of hydrogen-bond donors (Lipinski definition) is 2. The van der Waals surface area contributed by atoms with E-state index in [0.717, 1.165) is 4.31 Å². The van der Waals surface area contributed by atoms with Gasteiger partial charge in [-0.1, -0.05) is 12.1 Å². The Balaban J connectivity index is 2.34. The number of nitrogens with zero attached hydrogens (tertiary/aromatic N) is 2. The summed E-state index contributed by atoms with van der Waals surface area (Å²) in [4.78, 5) is 0. The number of aromatic hydroxyl groups is 1. The summed E-state index contributed by atoms with van der Waals surface area (Å²) >= 11 is 0. The maximum absolute atomic E-state index is 12.1. The zero-order valence-corrected chi connectivity index (χ0v) is 9.97. The van der Waals surface area contributed by atoms with Gasteiger partial charge in [0.25, 0.3) is 0 Å². The Kier molecular flexibility index (Phi) is 3.23. The van der Waals surface area contributed by atoms with Crippen LogP contribution in [0.3, 0.4) is 0 Å². The number of phenolic OH excluding ortho intramolecular Hbond substituents is 1. The number of para-hydroxylation sites is 2. The number of hydrogen-bond acceptors (Lipinski definition) is 4. The molecular formula is C10H14N2O4S. The molecule has 17 heavy (non-hydrogen) atoms. The molecule has 0 unspecified atom stereocenters. The van der Waals surface area contributed by atoms with E-state index in [4.69, 9.17) is 5.11 Å².